The Morgan fingerprint density at radius 3 is 2.61 bits per heavy atom. The zero-order valence-corrected chi connectivity index (χ0v) is 21.2. The molecule has 0 spiro atoms. The minimum atomic E-state index is -0.331. The highest BCUT2D eigenvalue weighted by molar-refractivity contribution is 6.05. The van der Waals surface area contributed by atoms with Crippen molar-refractivity contribution in [1.29, 1.82) is 0 Å². The predicted octanol–water partition coefficient (Wildman–Crippen LogP) is 6.19. The Kier molecular flexibility index (Phi) is 7.78. The number of amides is 2. The number of rotatable bonds is 6. The summed E-state index contributed by atoms with van der Waals surface area (Å²) in [5, 5.41) is 9.69. The first-order chi connectivity index (χ1) is 17.4. The fourth-order valence-electron chi connectivity index (χ4n) is 4.79. The van der Waals surface area contributed by atoms with Crippen LogP contribution in [0.1, 0.15) is 55.7 Å². The van der Waals surface area contributed by atoms with Gasteiger partial charge in [-0.05, 0) is 67.0 Å². The second kappa shape index (κ2) is 11.2. The lowest BCUT2D eigenvalue weighted by Gasteiger charge is -2.25. The van der Waals surface area contributed by atoms with Gasteiger partial charge < -0.3 is 26.9 Å². The summed E-state index contributed by atoms with van der Waals surface area (Å²) in [6.45, 7) is 7.10. The normalized spacial score (nSPS) is 16.3. The first kappa shape index (κ1) is 25.1. The average Bonchev–Trinajstić information content (AvgIpc) is 3.12. The van der Waals surface area contributed by atoms with Gasteiger partial charge in [-0.3, -0.25) is 0 Å². The number of nitrogens with one attached hydrogen (secondary N) is 2. The van der Waals surface area contributed by atoms with Gasteiger partial charge in [0.2, 0.25) is 0 Å². The first-order valence-electron chi connectivity index (χ1n) is 12.5. The van der Waals surface area contributed by atoms with Crippen molar-refractivity contribution in [3.05, 3.63) is 77.4 Å². The Bertz CT molecular complexity index is 1250. The van der Waals surface area contributed by atoms with Crippen LogP contribution in [-0.2, 0) is 0 Å². The van der Waals surface area contributed by atoms with E-state index < -0.39 is 0 Å². The molecular formula is C29H35N5O2. The van der Waals surface area contributed by atoms with E-state index in [1.807, 2.05) is 61.5 Å². The highest BCUT2D eigenvalue weighted by Gasteiger charge is 2.28. The summed E-state index contributed by atoms with van der Waals surface area (Å²) in [5.41, 5.74) is 12.2. The molecule has 1 heterocycles. The number of anilines is 2. The SMILES string of the molecule is CCC(C)C1CCCOc2c(NC(=O)Nc3ccc(C)cc3)cc(-c3ccccc3C(N)=NN)cc21. The van der Waals surface area contributed by atoms with E-state index in [0.717, 1.165) is 58.5 Å². The largest absolute Gasteiger partial charge is 0.491 e. The first-order valence-corrected chi connectivity index (χ1v) is 12.5. The number of hydrogen-bond donors (Lipinski definition) is 4. The summed E-state index contributed by atoms with van der Waals surface area (Å²) in [5.74, 6) is 7.27. The molecule has 0 bridgehead atoms. The molecule has 7 heteroatoms. The van der Waals surface area contributed by atoms with Crippen LogP contribution in [0.3, 0.4) is 0 Å². The summed E-state index contributed by atoms with van der Waals surface area (Å²) < 4.78 is 6.25. The Morgan fingerprint density at radius 2 is 1.89 bits per heavy atom. The molecule has 3 aromatic rings. The van der Waals surface area contributed by atoms with Crippen LogP contribution in [0.2, 0.25) is 0 Å². The molecule has 0 saturated carbocycles. The maximum atomic E-state index is 13.0. The number of ether oxygens (including phenoxy) is 1. The van der Waals surface area contributed by atoms with Gasteiger partial charge in [-0.15, -0.1) is 0 Å². The molecule has 6 N–H and O–H groups in total. The van der Waals surface area contributed by atoms with Crippen LogP contribution in [-0.4, -0.2) is 18.5 Å². The van der Waals surface area contributed by atoms with E-state index in [1.54, 1.807) is 0 Å². The van der Waals surface area contributed by atoms with Gasteiger partial charge >= 0.3 is 6.03 Å². The number of nitrogens with zero attached hydrogens (tertiary/aromatic N) is 1. The number of hydrogen-bond acceptors (Lipinski definition) is 4. The number of fused-ring (bicyclic) bond motifs is 1. The monoisotopic (exact) mass is 485 g/mol. The van der Waals surface area contributed by atoms with E-state index in [1.165, 1.54) is 0 Å². The van der Waals surface area contributed by atoms with Gasteiger partial charge in [-0.25, -0.2) is 4.79 Å². The number of benzene rings is 3. The predicted molar refractivity (Wildman–Crippen MR) is 148 cm³/mol. The highest BCUT2D eigenvalue weighted by atomic mass is 16.5. The minimum Gasteiger partial charge on any atom is -0.491 e. The van der Waals surface area contributed by atoms with Crippen LogP contribution in [0.15, 0.2) is 65.8 Å². The van der Waals surface area contributed by atoms with E-state index in [9.17, 15) is 4.79 Å². The van der Waals surface area contributed by atoms with Crippen molar-refractivity contribution in [2.75, 3.05) is 17.2 Å². The smallest absolute Gasteiger partial charge is 0.323 e. The number of hydrazone groups is 1. The zero-order valence-electron chi connectivity index (χ0n) is 21.2. The van der Waals surface area contributed by atoms with E-state index >= 15 is 0 Å². The second-order valence-electron chi connectivity index (χ2n) is 9.43. The fourth-order valence-corrected chi connectivity index (χ4v) is 4.79. The Balaban J connectivity index is 1.81. The molecule has 4 rings (SSSR count). The Morgan fingerprint density at radius 1 is 1.14 bits per heavy atom. The second-order valence-corrected chi connectivity index (χ2v) is 9.43. The third kappa shape index (κ3) is 5.46. The molecule has 0 fully saturated rings. The topological polar surface area (TPSA) is 115 Å². The van der Waals surface area contributed by atoms with E-state index in [2.05, 4.69) is 35.6 Å². The lowest BCUT2D eigenvalue weighted by atomic mass is 9.81. The molecule has 7 nitrogen and oxygen atoms in total. The van der Waals surface area contributed by atoms with Crippen LogP contribution < -0.4 is 26.9 Å². The molecule has 2 unspecified atom stereocenters. The quantitative estimate of drug-likeness (QED) is 0.144. The Labute approximate surface area is 212 Å². The molecule has 1 aliphatic heterocycles. The summed E-state index contributed by atoms with van der Waals surface area (Å²) >= 11 is 0. The van der Waals surface area contributed by atoms with Crippen molar-refractivity contribution in [3.63, 3.8) is 0 Å². The highest BCUT2D eigenvalue weighted by Crippen LogP contribution is 2.45. The maximum absolute atomic E-state index is 13.0. The summed E-state index contributed by atoms with van der Waals surface area (Å²) in [4.78, 5) is 13.0. The number of nitrogens with two attached hydrogens (primary N) is 2. The Hall–Kier alpha value is -4.00. The average molecular weight is 486 g/mol. The summed E-state index contributed by atoms with van der Waals surface area (Å²) in [7, 11) is 0. The third-order valence-electron chi connectivity index (χ3n) is 6.96. The van der Waals surface area contributed by atoms with E-state index in [0.29, 0.717) is 24.1 Å². The van der Waals surface area contributed by atoms with Crippen molar-refractivity contribution in [1.82, 2.24) is 0 Å². The lowest BCUT2D eigenvalue weighted by Crippen LogP contribution is -2.21. The minimum absolute atomic E-state index is 0.252. The molecule has 0 aliphatic carbocycles. The molecule has 36 heavy (non-hydrogen) atoms. The van der Waals surface area contributed by atoms with Crippen LogP contribution in [0.25, 0.3) is 11.1 Å². The van der Waals surface area contributed by atoms with Gasteiger partial charge in [0.15, 0.2) is 5.84 Å². The fraction of sp³-hybridized carbons (Fsp3) is 0.310. The molecule has 1 aliphatic rings. The van der Waals surface area contributed by atoms with Gasteiger partial charge in [-0.2, -0.15) is 5.10 Å². The third-order valence-corrected chi connectivity index (χ3v) is 6.96. The lowest BCUT2D eigenvalue weighted by molar-refractivity contribution is 0.262. The van der Waals surface area contributed by atoms with Crippen molar-refractivity contribution in [2.45, 2.75) is 46.0 Å². The molecule has 2 atom stereocenters. The number of aryl methyl sites for hydroxylation is 1. The number of amidine groups is 1. The van der Waals surface area contributed by atoms with Gasteiger partial charge in [0.25, 0.3) is 0 Å². The standard InChI is InChI=1S/C29H35N5O2/c1-4-19(3)22-10-7-15-36-27-25(22)16-20(23-8-5-6-9-24(23)28(30)34-31)17-26(27)33-29(35)32-21-13-11-18(2)12-14-21/h5-6,8-9,11-14,16-17,19,22H,4,7,10,15,31H2,1-3H3,(H2,30,34)(H2,32,33,35). The van der Waals surface area contributed by atoms with Crippen LogP contribution in [0.5, 0.6) is 5.75 Å². The van der Waals surface area contributed by atoms with Crippen molar-refractivity contribution >= 4 is 23.2 Å². The van der Waals surface area contributed by atoms with Crippen molar-refractivity contribution < 1.29 is 9.53 Å². The van der Waals surface area contributed by atoms with Crippen LogP contribution in [0.4, 0.5) is 16.2 Å². The number of carbonyl (C=O) groups excluding carboxylic acids is 1. The molecule has 0 radical (unpaired) electrons. The van der Waals surface area contributed by atoms with Gasteiger partial charge in [0, 0.05) is 16.8 Å². The van der Waals surface area contributed by atoms with Gasteiger partial charge in [0.1, 0.15) is 5.75 Å². The molecule has 0 saturated heterocycles. The van der Waals surface area contributed by atoms with Crippen LogP contribution in [0, 0.1) is 12.8 Å². The zero-order chi connectivity index (χ0) is 25.7. The van der Waals surface area contributed by atoms with Crippen molar-refractivity contribution in [3.8, 4) is 16.9 Å². The summed E-state index contributed by atoms with van der Waals surface area (Å²) in [6, 6.07) is 19.2. The molecule has 188 valence electrons. The number of urea groups is 1. The number of carbonyl (C=O) groups is 1. The van der Waals surface area contributed by atoms with Crippen molar-refractivity contribution in [2.24, 2.45) is 22.6 Å². The van der Waals surface area contributed by atoms with Gasteiger partial charge in [-0.1, -0.05) is 62.2 Å². The molecular weight excluding hydrogens is 450 g/mol. The van der Waals surface area contributed by atoms with Gasteiger partial charge in [0.05, 0.1) is 12.3 Å². The van der Waals surface area contributed by atoms with Crippen LogP contribution >= 0.6 is 0 Å². The maximum Gasteiger partial charge on any atom is 0.323 e. The van der Waals surface area contributed by atoms with E-state index in [-0.39, 0.29) is 11.9 Å². The molecule has 0 aromatic heterocycles. The molecule has 2 amide bonds. The molecule has 3 aromatic carbocycles. The van der Waals surface area contributed by atoms with E-state index in [4.69, 9.17) is 16.3 Å². The summed E-state index contributed by atoms with van der Waals surface area (Å²) in [6.07, 6.45) is 3.03.